The second-order valence-electron chi connectivity index (χ2n) is 6.67. The van der Waals surface area contributed by atoms with Gasteiger partial charge < -0.3 is 14.6 Å². The summed E-state index contributed by atoms with van der Waals surface area (Å²) in [5, 5.41) is 9.22. The van der Waals surface area contributed by atoms with E-state index in [1.165, 1.54) is 57.8 Å². The molecule has 0 aromatic heterocycles. The van der Waals surface area contributed by atoms with Gasteiger partial charge in [-0.1, -0.05) is 64.7 Å². The van der Waals surface area contributed by atoms with Crippen LogP contribution in [0.4, 0.5) is 0 Å². The third-order valence-corrected chi connectivity index (χ3v) is 4.22. The standard InChI is InChI=1S/C21H36O3/c1-3-4-5-6-7-8-9-10-11-12-17-23-19(2)18-24-21-15-13-20(22)14-16-21/h13-16,19,22H,3-12,17-18H2,1-2H3. The van der Waals surface area contributed by atoms with E-state index in [-0.39, 0.29) is 11.9 Å². The van der Waals surface area contributed by atoms with Crippen molar-refractivity contribution in [2.75, 3.05) is 13.2 Å². The van der Waals surface area contributed by atoms with Gasteiger partial charge in [-0.05, 0) is 37.6 Å². The lowest BCUT2D eigenvalue weighted by Gasteiger charge is -2.14. The topological polar surface area (TPSA) is 38.7 Å². The molecule has 138 valence electrons. The summed E-state index contributed by atoms with van der Waals surface area (Å²) in [4.78, 5) is 0. The maximum absolute atomic E-state index is 9.22. The maximum atomic E-state index is 9.22. The van der Waals surface area contributed by atoms with Crippen LogP contribution in [0.15, 0.2) is 24.3 Å². The first kappa shape index (κ1) is 20.8. The Morgan fingerprint density at radius 2 is 1.38 bits per heavy atom. The molecule has 0 saturated heterocycles. The molecule has 0 aliphatic rings. The summed E-state index contributed by atoms with van der Waals surface area (Å²) in [7, 11) is 0. The van der Waals surface area contributed by atoms with Crippen LogP contribution in [-0.2, 0) is 4.74 Å². The second kappa shape index (κ2) is 14.2. The van der Waals surface area contributed by atoms with Crippen molar-refractivity contribution in [3.8, 4) is 11.5 Å². The minimum atomic E-state index is 0.0948. The smallest absolute Gasteiger partial charge is 0.119 e. The van der Waals surface area contributed by atoms with E-state index in [4.69, 9.17) is 9.47 Å². The van der Waals surface area contributed by atoms with Gasteiger partial charge in [-0.3, -0.25) is 0 Å². The summed E-state index contributed by atoms with van der Waals surface area (Å²) in [6, 6.07) is 6.80. The summed E-state index contributed by atoms with van der Waals surface area (Å²) >= 11 is 0. The van der Waals surface area contributed by atoms with Crippen LogP contribution < -0.4 is 4.74 Å². The molecule has 0 radical (unpaired) electrons. The molecule has 1 rings (SSSR count). The molecule has 0 spiro atoms. The summed E-state index contributed by atoms with van der Waals surface area (Å²) in [6.07, 6.45) is 13.5. The van der Waals surface area contributed by atoms with Gasteiger partial charge in [0, 0.05) is 6.61 Å². The molecule has 3 heteroatoms. The molecular weight excluding hydrogens is 300 g/mol. The Bertz CT molecular complexity index is 389. The fourth-order valence-electron chi connectivity index (χ4n) is 2.68. The number of unbranched alkanes of at least 4 members (excludes halogenated alkanes) is 9. The van der Waals surface area contributed by atoms with Crippen molar-refractivity contribution in [1.29, 1.82) is 0 Å². The predicted molar refractivity (Wildman–Crippen MR) is 101 cm³/mol. The number of hydrogen-bond acceptors (Lipinski definition) is 3. The van der Waals surface area contributed by atoms with E-state index in [1.807, 2.05) is 6.92 Å². The number of phenols is 1. The van der Waals surface area contributed by atoms with Crippen LogP contribution in [0.3, 0.4) is 0 Å². The molecule has 0 bridgehead atoms. The molecule has 1 aromatic rings. The lowest BCUT2D eigenvalue weighted by atomic mass is 10.1. The largest absolute Gasteiger partial charge is 0.508 e. The number of phenolic OH excluding ortho intramolecular Hbond substituents is 1. The van der Waals surface area contributed by atoms with Crippen LogP contribution >= 0.6 is 0 Å². The van der Waals surface area contributed by atoms with Crippen molar-refractivity contribution < 1.29 is 14.6 Å². The summed E-state index contributed by atoms with van der Waals surface area (Å²) in [5.41, 5.74) is 0. The van der Waals surface area contributed by atoms with Crippen LogP contribution in [0.25, 0.3) is 0 Å². The van der Waals surface area contributed by atoms with Gasteiger partial charge in [0.05, 0.1) is 6.10 Å². The maximum Gasteiger partial charge on any atom is 0.119 e. The molecule has 1 aromatic carbocycles. The Labute approximate surface area is 148 Å². The zero-order valence-corrected chi connectivity index (χ0v) is 15.6. The van der Waals surface area contributed by atoms with Crippen LogP contribution in [0.1, 0.15) is 78.1 Å². The summed E-state index contributed by atoms with van der Waals surface area (Å²) in [6.45, 7) is 5.66. The van der Waals surface area contributed by atoms with Crippen molar-refractivity contribution in [3.63, 3.8) is 0 Å². The highest BCUT2D eigenvalue weighted by molar-refractivity contribution is 5.30. The van der Waals surface area contributed by atoms with Gasteiger partial charge in [0.15, 0.2) is 0 Å². The van der Waals surface area contributed by atoms with Crippen LogP contribution in [0.2, 0.25) is 0 Å². The van der Waals surface area contributed by atoms with Gasteiger partial charge >= 0.3 is 0 Å². The second-order valence-corrected chi connectivity index (χ2v) is 6.67. The first-order valence-electron chi connectivity index (χ1n) is 9.75. The van der Waals surface area contributed by atoms with Gasteiger partial charge in [-0.25, -0.2) is 0 Å². The Hall–Kier alpha value is -1.22. The molecule has 0 heterocycles. The van der Waals surface area contributed by atoms with E-state index < -0.39 is 0 Å². The molecule has 3 nitrogen and oxygen atoms in total. The Kier molecular flexibility index (Phi) is 12.3. The number of ether oxygens (including phenoxy) is 2. The normalized spacial score (nSPS) is 12.2. The molecule has 1 unspecified atom stereocenters. The van der Waals surface area contributed by atoms with Gasteiger partial charge in [-0.15, -0.1) is 0 Å². The van der Waals surface area contributed by atoms with E-state index in [2.05, 4.69) is 6.92 Å². The van der Waals surface area contributed by atoms with E-state index >= 15 is 0 Å². The van der Waals surface area contributed by atoms with Crippen LogP contribution in [0, 0.1) is 0 Å². The Morgan fingerprint density at radius 3 is 1.96 bits per heavy atom. The fraction of sp³-hybridized carbons (Fsp3) is 0.714. The van der Waals surface area contributed by atoms with Crippen molar-refractivity contribution in [3.05, 3.63) is 24.3 Å². The zero-order valence-electron chi connectivity index (χ0n) is 15.6. The molecule has 0 saturated carbocycles. The third kappa shape index (κ3) is 11.3. The Balaban J connectivity index is 1.87. The number of aromatic hydroxyl groups is 1. The molecule has 0 fully saturated rings. The summed E-state index contributed by atoms with van der Waals surface area (Å²) < 4.78 is 11.4. The van der Waals surface area contributed by atoms with E-state index in [9.17, 15) is 5.11 Å². The first-order valence-corrected chi connectivity index (χ1v) is 9.75. The molecule has 1 N–H and O–H groups in total. The number of benzene rings is 1. The molecule has 0 aliphatic heterocycles. The first-order chi connectivity index (χ1) is 11.7. The highest BCUT2D eigenvalue weighted by Gasteiger charge is 2.03. The highest BCUT2D eigenvalue weighted by Crippen LogP contribution is 2.16. The average Bonchev–Trinajstić information content (AvgIpc) is 2.59. The third-order valence-electron chi connectivity index (χ3n) is 4.22. The van der Waals surface area contributed by atoms with Gasteiger partial charge in [0.1, 0.15) is 18.1 Å². The highest BCUT2D eigenvalue weighted by atomic mass is 16.5. The van der Waals surface area contributed by atoms with Crippen molar-refractivity contribution in [2.24, 2.45) is 0 Å². The van der Waals surface area contributed by atoms with Crippen LogP contribution in [-0.4, -0.2) is 24.4 Å². The summed E-state index contributed by atoms with van der Waals surface area (Å²) in [5.74, 6) is 1.02. The fourth-order valence-corrected chi connectivity index (χ4v) is 2.68. The quantitative estimate of drug-likeness (QED) is 0.393. The molecule has 0 amide bonds. The lowest BCUT2D eigenvalue weighted by Crippen LogP contribution is -2.18. The monoisotopic (exact) mass is 336 g/mol. The number of hydrogen-bond donors (Lipinski definition) is 1. The van der Waals surface area contributed by atoms with Crippen molar-refractivity contribution in [1.82, 2.24) is 0 Å². The van der Waals surface area contributed by atoms with E-state index in [0.29, 0.717) is 6.61 Å². The zero-order chi connectivity index (χ0) is 17.5. The van der Waals surface area contributed by atoms with Gasteiger partial charge in [-0.2, -0.15) is 0 Å². The average molecular weight is 337 g/mol. The minimum Gasteiger partial charge on any atom is -0.508 e. The number of rotatable bonds is 15. The van der Waals surface area contributed by atoms with Crippen molar-refractivity contribution >= 4 is 0 Å². The SMILES string of the molecule is CCCCCCCCCCCCOC(C)COc1ccc(O)cc1. The van der Waals surface area contributed by atoms with Crippen molar-refractivity contribution in [2.45, 2.75) is 84.2 Å². The lowest BCUT2D eigenvalue weighted by molar-refractivity contribution is 0.0302. The predicted octanol–water partition coefficient (Wildman–Crippen LogP) is 6.10. The molecule has 1 atom stereocenters. The van der Waals surface area contributed by atoms with Gasteiger partial charge in [0.25, 0.3) is 0 Å². The molecule has 0 aliphatic carbocycles. The van der Waals surface area contributed by atoms with E-state index in [1.54, 1.807) is 24.3 Å². The minimum absolute atomic E-state index is 0.0948. The van der Waals surface area contributed by atoms with Gasteiger partial charge in [0.2, 0.25) is 0 Å². The van der Waals surface area contributed by atoms with Crippen LogP contribution in [0.5, 0.6) is 11.5 Å². The van der Waals surface area contributed by atoms with E-state index in [0.717, 1.165) is 18.8 Å². The Morgan fingerprint density at radius 1 is 0.833 bits per heavy atom. The molecular formula is C21H36O3. The molecule has 24 heavy (non-hydrogen) atoms.